The van der Waals surface area contributed by atoms with E-state index in [0.29, 0.717) is 47.4 Å². The number of hydrogen-bond acceptors (Lipinski definition) is 6. The van der Waals surface area contributed by atoms with Gasteiger partial charge >= 0.3 is 6.18 Å². The van der Waals surface area contributed by atoms with Gasteiger partial charge in [-0.05, 0) is 34.9 Å². The monoisotopic (exact) mass is 539 g/mol. The summed E-state index contributed by atoms with van der Waals surface area (Å²) < 4.78 is 50.7. The number of alkyl halides is 3. The smallest absolute Gasteiger partial charge is 0.416 e. The molecule has 0 aliphatic carbocycles. The van der Waals surface area contributed by atoms with Gasteiger partial charge in [-0.1, -0.05) is 54.6 Å². The molecule has 0 bridgehead atoms. The minimum Gasteiger partial charge on any atom is -0.454 e. The minimum atomic E-state index is -4.42. The fraction of sp³-hybridized carbons (Fsp3) is 0.214. The number of ether oxygens (including phenoxy) is 2. The van der Waals surface area contributed by atoms with Gasteiger partial charge in [0.1, 0.15) is 10.7 Å². The largest absolute Gasteiger partial charge is 0.454 e. The molecule has 38 heavy (non-hydrogen) atoms. The lowest BCUT2D eigenvalue weighted by Crippen LogP contribution is -2.24. The van der Waals surface area contributed by atoms with Crippen LogP contribution in [0.5, 0.6) is 11.5 Å². The number of amides is 1. The normalized spacial score (nSPS) is 12.6. The summed E-state index contributed by atoms with van der Waals surface area (Å²) in [5, 5.41) is 5.24. The van der Waals surface area contributed by atoms with Crippen molar-refractivity contribution in [3.63, 3.8) is 0 Å². The van der Waals surface area contributed by atoms with Gasteiger partial charge in [0.25, 0.3) is 5.91 Å². The van der Waals surface area contributed by atoms with Crippen molar-refractivity contribution in [3.05, 3.63) is 111 Å². The van der Waals surface area contributed by atoms with Gasteiger partial charge in [-0.2, -0.15) is 13.2 Å². The lowest BCUT2D eigenvalue weighted by Gasteiger charge is -2.22. The summed E-state index contributed by atoms with van der Waals surface area (Å²) in [6, 6.07) is 20.5. The Balaban J connectivity index is 1.31. The van der Waals surface area contributed by atoms with Gasteiger partial charge in [-0.3, -0.25) is 9.69 Å². The van der Waals surface area contributed by atoms with Crippen LogP contribution >= 0.6 is 11.3 Å². The maximum Gasteiger partial charge on any atom is 0.416 e. The molecule has 5 rings (SSSR count). The third-order valence-corrected chi connectivity index (χ3v) is 6.78. The SMILES string of the molecule is O=C(NCc1ccccc1)c1csc(CN(Cc2cccc(C(F)(F)F)c2)Cc2ccc3c(c2)OCO3)n1. The average Bonchev–Trinajstić information content (AvgIpc) is 3.57. The molecule has 4 aromatic rings. The molecule has 0 saturated heterocycles. The zero-order valence-corrected chi connectivity index (χ0v) is 21.0. The van der Waals surface area contributed by atoms with Crippen LogP contribution in [0.15, 0.2) is 78.2 Å². The Kier molecular flexibility index (Phi) is 7.62. The quantitative estimate of drug-likeness (QED) is 0.282. The number of hydrogen-bond donors (Lipinski definition) is 1. The summed E-state index contributed by atoms with van der Waals surface area (Å²) in [6.07, 6.45) is -4.42. The van der Waals surface area contributed by atoms with E-state index in [1.807, 2.05) is 53.4 Å². The molecule has 6 nitrogen and oxygen atoms in total. The third kappa shape index (κ3) is 6.51. The van der Waals surface area contributed by atoms with E-state index < -0.39 is 11.7 Å². The summed E-state index contributed by atoms with van der Waals surface area (Å²) in [7, 11) is 0. The zero-order valence-electron chi connectivity index (χ0n) is 20.2. The summed E-state index contributed by atoms with van der Waals surface area (Å²) in [5.41, 5.74) is 2.04. The molecule has 1 amide bonds. The Morgan fingerprint density at radius 2 is 1.63 bits per heavy atom. The fourth-order valence-corrected chi connectivity index (χ4v) is 4.93. The number of carbonyl (C=O) groups is 1. The summed E-state index contributed by atoms with van der Waals surface area (Å²) in [5.74, 6) is 1.01. The van der Waals surface area contributed by atoms with E-state index in [-0.39, 0.29) is 19.2 Å². The first-order chi connectivity index (χ1) is 18.3. The van der Waals surface area contributed by atoms with Crippen LogP contribution in [0.25, 0.3) is 0 Å². The van der Waals surface area contributed by atoms with Crippen LogP contribution in [-0.2, 0) is 32.4 Å². The average molecular weight is 540 g/mol. The van der Waals surface area contributed by atoms with Gasteiger partial charge in [-0.25, -0.2) is 4.98 Å². The number of thiazole rings is 1. The number of nitrogens with one attached hydrogen (secondary N) is 1. The lowest BCUT2D eigenvalue weighted by molar-refractivity contribution is -0.137. The maximum atomic E-state index is 13.3. The van der Waals surface area contributed by atoms with Crippen molar-refractivity contribution >= 4 is 17.2 Å². The van der Waals surface area contributed by atoms with Crippen LogP contribution in [0.1, 0.15) is 37.7 Å². The van der Waals surface area contributed by atoms with Crippen LogP contribution in [-0.4, -0.2) is 22.6 Å². The number of benzene rings is 3. The highest BCUT2D eigenvalue weighted by atomic mass is 32.1. The van der Waals surface area contributed by atoms with Gasteiger partial charge in [0.15, 0.2) is 11.5 Å². The lowest BCUT2D eigenvalue weighted by atomic mass is 10.1. The van der Waals surface area contributed by atoms with Crippen molar-refractivity contribution < 1.29 is 27.4 Å². The third-order valence-electron chi connectivity index (χ3n) is 5.94. The Morgan fingerprint density at radius 1 is 0.895 bits per heavy atom. The Labute approximate surface area is 221 Å². The van der Waals surface area contributed by atoms with Crippen LogP contribution in [0.2, 0.25) is 0 Å². The van der Waals surface area contributed by atoms with E-state index in [1.54, 1.807) is 11.4 Å². The van der Waals surface area contributed by atoms with Crippen LogP contribution in [0.3, 0.4) is 0 Å². The number of halogens is 3. The molecule has 1 N–H and O–H groups in total. The standard InChI is InChI=1S/C28H24F3N3O3S/c29-28(30,31)22-8-4-7-20(11-22)14-34(15-21-9-10-24-25(12-21)37-18-36-24)16-26-33-23(17-38-26)27(35)32-13-19-5-2-1-3-6-19/h1-12,17H,13-16,18H2,(H,32,35). The predicted molar refractivity (Wildman–Crippen MR) is 137 cm³/mol. The summed E-state index contributed by atoms with van der Waals surface area (Å²) in [4.78, 5) is 19.1. The second-order valence-corrected chi connectivity index (χ2v) is 9.77. The fourth-order valence-electron chi connectivity index (χ4n) is 4.12. The van der Waals surface area contributed by atoms with E-state index >= 15 is 0 Å². The number of aromatic nitrogens is 1. The van der Waals surface area contributed by atoms with Gasteiger partial charge in [0, 0.05) is 25.0 Å². The van der Waals surface area contributed by atoms with Crippen molar-refractivity contribution in [2.24, 2.45) is 0 Å². The molecule has 196 valence electrons. The molecule has 0 saturated carbocycles. The molecule has 2 heterocycles. The predicted octanol–water partition coefficient (Wildman–Crippen LogP) is 6.02. The molecule has 0 fully saturated rings. The maximum absolute atomic E-state index is 13.3. The molecule has 0 spiro atoms. The number of carbonyl (C=O) groups excluding carboxylic acids is 1. The molecule has 1 aliphatic rings. The van der Waals surface area contributed by atoms with E-state index in [2.05, 4.69) is 10.3 Å². The van der Waals surface area contributed by atoms with Crippen molar-refractivity contribution in [2.45, 2.75) is 32.4 Å². The molecule has 0 unspecified atom stereocenters. The summed E-state index contributed by atoms with van der Waals surface area (Å²) >= 11 is 1.34. The number of fused-ring (bicyclic) bond motifs is 1. The first-order valence-corrected chi connectivity index (χ1v) is 12.7. The van der Waals surface area contributed by atoms with E-state index in [1.165, 1.54) is 17.4 Å². The highest BCUT2D eigenvalue weighted by Crippen LogP contribution is 2.33. The van der Waals surface area contributed by atoms with Crippen LogP contribution < -0.4 is 14.8 Å². The van der Waals surface area contributed by atoms with Crippen LogP contribution in [0, 0.1) is 0 Å². The van der Waals surface area contributed by atoms with E-state index in [4.69, 9.17) is 9.47 Å². The molecule has 0 atom stereocenters. The van der Waals surface area contributed by atoms with E-state index in [0.717, 1.165) is 23.3 Å². The Bertz CT molecular complexity index is 1410. The van der Waals surface area contributed by atoms with Crippen molar-refractivity contribution in [3.8, 4) is 11.5 Å². The van der Waals surface area contributed by atoms with Gasteiger partial charge in [0.2, 0.25) is 6.79 Å². The molecule has 3 aromatic carbocycles. The Hall–Kier alpha value is -3.89. The molecule has 1 aromatic heterocycles. The van der Waals surface area contributed by atoms with Gasteiger partial charge < -0.3 is 14.8 Å². The molecular weight excluding hydrogens is 515 g/mol. The summed E-state index contributed by atoms with van der Waals surface area (Å²) in [6.45, 7) is 1.58. The minimum absolute atomic E-state index is 0.154. The molecule has 10 heteroatoms. The number of nitrogens with zero attached hydrogens (tertiary/aromatic N) is 2. The zero-order chi connectivity index (χ0) is 26.5. The first kappa shape index (κ1) is 25.7. The van der Waals surface area contributed by atoms with E-state index in [9.17, 15) is 18.0 Å². The first-order valence-electron chi connectivity index (χ1n) is 11.9. The highest BCUT2D eigenvalue weighted by molar-refractivity contribution is 7.09. The van der Waals surface area contributed by atoms with Gasteiger partial charge in [0.05, 0.1) is 12.1 Å². The second-order valence-electron chi connectivity index (χ2n) is 8.83. The topological polar surface area (TPSA) is 63.7 Å². The van der Waals surface area contributed by atoms with Gasteiger partial charge in [-0.15, -0.1) is 11.3 Å². The second kappa shape index (κ2) is 11.2. The van der Waals surface area contributed by atoms with Crippen LogP contribution in [0.4, 0.5) is 13.2 Å². The number of rotatable bonds is 9. The molecule has 1 aliphatic heterocycles. The Morgan fingerprint density at radius 3 is 2.42 bits per heavy atom. The molecule has 0 radical (unpaired) electrons. The van der Waals surface area contributed by atoms with Crippen molar-refractivity contribution in [1.82, 2.24) is 15.2 Å². The van der Waals surface area contributed by atoms with Crippen molar-refractivity contribution in [1.29, 1.82) is 0 Å². The molecular formula is C28H24F3N3O3S. The highest BCUT2D eigenvalue weighted by Gasteiger charge is 2.30. The van der Waals surface area contributed by atoms with Crippen molar-refractivity contribution in [2.75, 3.05) is 6.79 Å².